The molecule has 0 bridgehead atoms. The Bertz CT molecular complexity index is 3910. The van der Waals surface area contributed by atoms with E-state index >= 15 is 0 Å². The van der Waals surface area contributed by atoms with Crippen LogP contribution in [0.1, 0.15) is 83.0 Å². The van der Waals surface area contributed by atoms with Crippen LogP contribution in [-0.4, -0.2) is 171 Å². The number of halogens is 6. The third-order valence-corrected chi connectivity index (χ3v) is 17.8. The van der Waals surface area contributed by atoms with E-state index in [2.05, 4.69) is 0 Å². The van der Waals surface area contributed by atoms with Crippen LogP contribution in [-0.2, 0) is 103 Å². The number of carboxylic acids is 6. The highest BCUT2D eigenvalue weighted by Gasteiger charge is 2.39. The number of aryl methyl sites for hydroxylation is 1. The van der Waals surface area contributed by atoms with Crippen LogP contribution >= 0.6 is 11.6 Å². The van der Waals surface area contributed by atoms with E-state index in [9.17, 15) is 79.5 Å². The van der Waals surface area contributed by atoms with Crippen LogP contribution in [0.25, 0.3) is 0 Å². The summed E-state index contributed by atoms with van der Waals surface area (Å²) < 4.78 is 62.8. The van der Waals surface area contributed by atoms with Gasteiger partial charge in [0.25, 0.3) is 0 Å². The highest BCUT2D eigenvalue weighted by molar-refractivity contribution is 6.30. The Hall–Kier alpha value is -11.1. The molecule has 6 fully saturated rings. The van der Waals surface area contributed by atoms with E-state index in [4.69, 9.17) is 42.2 Å². The van der Waals surface area contributed by atoms with Crippen molar-refractivity contribution in [1.29, 1.82) is 0 Å². The lowest BCUT2D eigenvalue weighted by Crippen LogP contribution is -2.25. The second-order valence-corrected chi connectivity index (χ2v) is 26.1. The summed E-state index contributed by atoms with van der Waals surface area (Å²) in [5, 5.41) is 53.7. The highest BCUT2D eigenvalue weighted by Crippen LogP contribution is 2.31. The van der Waals surface area contributed by atoms with Gasteiger partial charge in [0.15, 0.2) is 0 Å². The van der Waals surface area contributed by atoms with Crippen LogP contribution in [0.15, 0.2) is 152 Å². The van der Waals surface area contributed by atoms with Crippen molar-refractivity contribution in [2.75, 3.05) is 39.3 Å². The molecular formula is C74H76ClF5N6O18. The normalized spacial score (nSPS) is 19.7. The van der Waals surface area contributed by atoms with Crippen molar-refractivity contribution in [3.8, 4) is 0 Å². The van der Waals surface area contributed by atoms with Gasteiger partial charge in [-0.05, 0) is 88.8 Å². The maximum Gasteiger partial charge on any atom is 0.416 e. The first kappa shape index (κ1) is 80.2. The summed E-state index contributed by atoms with van der Waals surface area (Å²) in [6.07, 6.45) is -4.01. The minimum atomic E-state index is -4.39. The molecule has 6 aromatic rings. The first-order chi connectivity index (χ1) is 49.2. The third kappa shape index (κ3) is 24.6. The number of likely N-dealkylation sites (tertiary alicyclic amines) is 6. The monoisotopic (exact) mass is 1470 g/mol. The highest BCUT2D eigenvalue weighted by atomic mass is 35.5. The van der Waals surface area contributed by atoms with Gasteiger partial charge < -0.3 is 60.0 Å². The molecule has 6 aliphatic heterocycles. The van der Waals surface area contributed by atoms with Crippen molar-refractivity contribution < 1.29 is 110 Å². The smallest absolute Gasteiger partial charge is 0.416 e. The van der Waals surface area contributed by atoms with E-state index in [-0.39, 0.29) is 125 Å². The van der Waals surface area contributed by atoms with E-state index in [1.54, 1.807) is 51.1 Å². The molecule has 24 nitrogen and oxygen atoms in total. The van der Waals surface area contributed by atoms with Gasteiger partial charge in [-0.2, -0.15) is 13.2 Å². The molecule has 104 heavy (non-hydrogen) atoms. The zero-order chi connectivity index (χ0) is 76.1. The molecule has 6 aliphatic rings. The number of rotatable bonds is 18. The average molecular weight is 1470 g/mol. The van der Waals surface area contributed by atoms with Crippen molar-refractivity contribution in [2.24, 2.45) is 35.5 Å². The first-order valence-electron chi connectivity index (χ1n) is 32.7. The van der Waals surface area contributed by atoms with Gasteiger partial charge in [-0.15, -0.1) is 0 Å². The van der Waals surface area contributed by atoms with Crippen molar-refractivity contribution in [1.82, 2.24) is 29.4 Å². The molecule has 6 unspecified atom stereocenters. The molecule has 12 rings (SSSR count). The molecule has 0 radical (unpaired) electrons. The fraction of sp³-hybridized carbons (Fsp3) is 0.351. The van der Waals surface area contributed by atoms with Gasteiger partial charge in [0, 0.05) is 122 Å². The Morgan fingerprint density at radius 2 is 0.606 bits per heavy atom. The lowest BCUT2D eigenvalue weighted by Gasteiger charge is -2.16. The van der Waals surface area contributed by atoms with Gasteiger partial charge in [-0.3, -0.25) is 57.5 Å². The van der Waals surface area contributed by atoms with E-state index < -0.39 is 83.1 Å². The summed E-state index contributed by atoms with van der Waals surface area (Å²) in [6, 6.07) is 41.0. The third-order valence-electron chi connectivity index (χ3n) is 17.5. The van der Waals surface area contributed by atoms with Crippen molar-refractivity contribution in [3.63, 3.8) is 0 Å². The predicted octanol–water partition coefficient (Wildman–Crippen LogP) is 8.98. The topological polar surface area (TPSA) is 346 Å². The molecule has 6 N–H and O–H groups in total. The number of alkyl halides is 3. The average Bonchev–Trinajstić information content (AvgIpc) is 1.13. The number of carbonyl (C=O) groups is 12. The standard InChI is InChI=1S/C13H12F3NO3.C13H15NO3.C12H12ClNO3.2C12H12FNO3.C12H13NO3/c14-13(15,16)10-3-1-8(2-4-10)6-17-7-9(12(19)20)5-11(17)18;1-9-3-2-4-10(5-9)7-14-8-11(13(16)17)6-12(14)15;2*13-10-3-1-8(2-4-10)6-14-7-9(12(16)17)5-11(14)15;13-10-3-1-2-8(4-10)6-14-7-9(12(16)17)5-11(14)15;14-11-6-10(12(15)16)8-13(11)7-9-4-2-1-3-5-9/h1-4,9H,5-7H2,(H,19,20);2-5,11H,6-8H2,1H3,(H,16,17);3*1-4,9H,5-7H2,(H,16,17);1-5,10H,6-8H2,(H,15,16). The fourth-order valence-corrected chi connectivity index (χ4v) is 12.0. The zero-order valence-corrected chi connectivity index (χ0v) is 56.9. The molecule has 0 saturated carbocycles. The number of carboxylic acid groups (broad SMARTS) is 6. The number of nitrogens with zero attached hydrogens (tertiary/aromatic N) is 6. The maximum atomic E-state index is 12.9. The molecule has 6 saturated heterocycles. The predicted molar refractivity (Wildman–Crippen MR) is 360 cm³/mol. The molecule has 30 heteroatoms. The lowest BCUT2D eigenvalue weighted by molar-refractivity contribution is -0.142. The maximum absolute atomic E-state index is 12.9. The molecular weight excluding hydrogens is 1390 g/mol. The number of benzene rings is 6. The summed E-state index contributed by atoms with van der Waals surface area (Å²) in [4.78, 5) is 143. The molecule has 0 spiro atoms. The second kappa shape index (κ2) is 37.2. The minimum Gasteiger partial charge on any atom is -0.481 e. The van der Waals surface area contributed by atoms with E-state index in [0.29, 0.717) is 55.4 Å². The molecule has 6 aromatic carbocycles. The van der Waals surface area contributed by atoms with Gasteiger partial charge in [0.2, 0.25) is 35.4 Å². The Morgan fingerprint density at radius 1 is 0.346 bits per heavy atom. The van der Waals surface area contributed by atoms with Gasteiger partial charge in [0.05, 0.1) is 41.1 Å². The number of hydrogen-bond acceptors (Lipinski definition) is 12. The summed E-state index contributed by atoms with van der Waals surface area (Å²) >= 11 is 5.76. The number of aliphatic carboxylic acids is 6. The summed E-state index contributed by atoms with van der Waals surface area (Å²) in [6.45, 7) is 5.63. The minimum absolute atomic E-state index is 0.0324. The summed E-state index contributed by atoms with van der Waals surface area (Å²) in [7, 11) is 0. The van der Waals surface area contributed by atoms with Gasteiger partial charge in [0.1, 0.15) is 11.6 Å². The SMILES string of the molecule is Cc1cccc(CN2CC(C(=O)O)CC2=O)c1.O=C(O)C1CC(=O)N(Cc2ccc(C(F)(F)F)cc2)C1.O=C(O)C1CC(=O)N(Cc2ccc(Cl)cc2)C1.O=C(O)C1CC(=O)N(Cc2ccc(F)cc2)C1.O=C(O)C1CC(=O)N(Cc2cccc(F)c2)C1.O=C(O)C1CC(=O)N(Cc2ccccc2)C1. The van der Waals surface area contributed by atoms with E-state index in [1.165, 1.54) is 51.1 Å². The van der Waals surface area contributed by atoms with Crippen LogP contribution in [0, 0.1) is 54.1 Å². The largest absolute Gasteiger partial charge is 0.481 e. The summed E-state index contributed by atoms with van der Waals surface area (Å²) in [5.74, 6) is -10.9. The van der Waals surface area contributed by atoms with Crippen molar-refractivity contribution in [3.05, 3.63) is 213 Å². The number of carbonyl (C=O) groups excluding carboxylic acids is 6. The summed E-state index contributed by atoms with van der Waals surface area (Å²) in [5.41, 5.74) is 5.42. The lowest BCUT2D eigenvalue weighted by atomic mass is 10.1. The molecule has 552 valence electrons. The van der Waals surface area contributed by atoms with Gasteiger partial charge in [-0.1, -0.05) is 120 Å². The van der Waals surface area contributed by atoms with Gasteiger partial charge >= 0.3 is 42.0 Å². The Balaban J connectivity index is 0.000000175. The van der Waals surface area contributed by atoms with Crippen LogP contribution in [0.5, 0.6) is 0 Å². The Morgan fingerprint density at radius 3 is 0.885 bits per heavy atom. The van der Waals surface area contributed by atoms with Crippen molar-refractivity contribution >= 4 is 82.9 Å². The second-order valence-electron chi connectivity index (χ2n) is 25.6. The van der Waals surface area contributed by atoms with Crippen LogP contribution in [0.3, 0.4) is 0 Å². The van der Waals surface area contributed by atoms with Crippen molar-refractivity contribution in [2.45, 2.75) is 90.9 Å². The molecule has 6 heterocycles. The molecule has 6 atom stereocenters. The first-order valence-corrected chi connectivity index (χ1v) is 33.1. The van der Waals surface area contributed by atoms with Crippen LogP contribution in [0.2, 0.25) is 5.02 Å². The Labute approximate surface area is 598 Å². The number of hydrogen-bond donors (Lipinski definition) is 6. The molecule has 0 aromatic heterocycles. The van der Waals surface area contributed by atoms with Crippen LogP contribution in [0.4, 0.5) is 22.0 Å². The Kier molecular flexibility index (Phi) is 28.7. The van der Waals surface area contributed by atoms with E-state index in [1.807, 2.05) is 73.7 Å². The van der Waals surface area contributed by atoms with E-state index in [0.717, 1.165) is 39.9 Å². The van der Waals surface area contributed by atoms with Crippen LogP contribution < -0.4 is 0 Å². The fourth-order valence-electron chi connectivity index (χ4n) is 11.9. The zero-order valence-electron chi connectivity index (χ0n) is 56.2. The van der Waals surface area contributed by atoms with Gasteiger partial charge in [-0.25, -0.2) is 8.78 Å². The molecule has 6 amide bonds. The number of amides is 6. The quantitative estimate of drug-likeness (QED) is 0.0437. The molecule has 0 aliphatic carbocycles.